The van der Waals surface area contributed by atoms with Gasteiger partial charge in [-0.3, -0.25) is 0 Å². The molecule has 1 N–H and O–H groups in total. The topological polar surface area (TPSA) is 56.7 Å². The van der Waals surface area contributed by atoms with E-state index in [1.165, 1.54) is 22.1 Å². The minimum atomic E-state index is -4.46. The minimum absolute atomic E-state index is 0.139. The predicted molar refractivity (Wildman–Crippen MR) is 61.0 cm³/mol. The largest absolute Gasteiger partial charge is 0.465 e. The van der Waals surface area contributed by atoms with Crippen LogP contribution in [0.2, 0.25) is 0 Å². The Bertz CT molecular complexity index is 470. The lowest BCUT2D eigenvalue weighted by molar-refractivity contribution is -0.137. The monoisotopic (exact) mass is 275 g/mol. The third-order valence-electron chi connectivity index (χ3n) is 2.94. The van der Waals surface area contributed by atoms with Crippen LogP contribution in [-0.2, 0) is 6.18 Å². The number of carboxylic acid groups (broad SMARTS) is 1. The molecule has 5 nitrogen and oxygen atoms in total. The maximum atomic E-state index is 12.8. The van der Waals surface area contributed by atoms with Crippen LogP contribution in [0.25, 0.3) is 0 Å². The van der Waals surface area contributed by atoms with Gasteiger partial charge in [-0.15, -0.1) is 0 Å². The molecular weight excluding hydrogens is 263 g/mol. The fourth-order valence-corrected chi connectivity index (χ4v) is 1.98. The lowest BCUT2D eigenvalue weighted by atomic mass is 10.2. The molecule has 1 aromatic rings. The number of alkyl halides is 3. The van der Waals surface area contributed by atoms with Gasteiger partial charge in [0.05, 0.1) is 5.56 Å². The number of pyridine rings is 1. The Kier molecular flexibility index (Phi) is 3.50. The minimum Gasteiger partial charge on any atom is -0.465 e. The van der Waals surface area contributed by atoms with Crippen molar-refractivity contribution in [3.05, 3.63) is 23.9 Å². The number of carbonyl (C=O) groups is 1. The quantitative estimate of drug-likeness (QED) is 0.850. The molecule has 8 heteroatoms. The number of hydrogen-bond donors (Lipinski definition) is 1. The van der Waals surface area contributed by atoms with Gasteiger partial charge in [-0.2, -0.15) is 13.2 Å². The molecule has 2 rings (SSSR count). The Balaban J connectivity index is 2.18. The summed E-state index contributed by atoms with van der Waals surface area (Å²) in [6.45, 7) is 0.741. The zero-order valence-corrected chi connectivity index (χ0v) is 9.89. The first kappa shape index (κ1) is 13.4. The molecule has 2 heterocycles. The van der Waals surface area contributed by atoms with E-state index in [1.807, 2.05) is 0 Å². The highest BCUT2D eigenvalue weighted by Crippen LogP contribution is 2.35. The number of aromatic nitrogens is 1. The SMILES string of the molecule is O=C(O)N1CCN(c2ncccc2C(F)(F)F)CC1. The number of anilines is 1. The van der Waals surface area contributed by atoms with Crippen LogP contribution in [0.1, 0.15) is 5.56 Å². The summed E-state index contributed by atoms with van der Waals surface area (Å²) in [5.74, 6) is -0.139. The van der Waals surface area contributed by atoms with Crippen LogP contribution in [0.5, 0.6) is 0 Å². The van der Waals surface area contributed by atoms with E-state index in [9.17, 15) is 18.0 Å². The van der Waals surface area contributed by atoms with E-state index in [1.54, 1.807) is 0 Å². The van der Waals surface area contributed by atoms with E-state index in [-0.39, 0.29) is 32.0 Å². The molecule has 104 valence electrons. The first-order valence-corrected chi connectivity index (χ1v) is 5.64. The Labute approximate surface area is 107 Å². The molecule has 1 aliphatic rings. The van der Waals surface area contributed by atoms with Gasteiger partial charge in [-0.1, -0.05) is 0 Å². The predicted octanol–water partition coefficient (Wildman–Crippen LogP) is 1.90. The van der Waals surface area contributed by atoms with Crippen LogP contribution in [0, 0.1) is 0 Å². The number of amides is 1. The molecule has 1 fully saturated rings. The second kappa shape index (κ2) is 4.94. The van der Waals surface area contributed by atoms with Crippen molar-refractivity contribution < 1.29 is 23.1 Å². The average molecular weight is 275 g/mol. The van der Waals surface area contributed by atoms with Gasteiger partial charge in [0.1, 0.15) is 5.82 Å². The molecule has 1 aliphatic heterocycles. The van der Waals surface area contributed by atoms with Crippen molar-refractivity contribution in [2.24, 2.45) is 0 Å². The van der Waals surface area contributed by atoms with Crippen LogP contribution in [0.15, 0.2) is 18.3 Å². The van der Waals surface area contributed by atoms with Gasteiger partial charge >= 0.3 is 12.3 Å². The number of nitrogens with zero attached hydrogens (tertiary/aromatic N) is 3. The summed E-state index contributed by atoms with van der Waals surface area (Å²) < 4.78 is 38.5. The van der Waals surface area contributed by atoms with Crippen molar-refractivity contribution in [3.8, 4) is 0 Å². The van der Waals surface area contributed by atoms with Gasteiger partial charge in [0.25, 0.3) is 0 Å². The molecule has 0 unspecified atom stereocenters. The maximum absolute atomic E-state index is 12.8. The van der Waals surface area contributed by atoms with Crippen molar-refractivity contribution in [2.75, 3.05) is 31.1 Å². The second-order valence-corrected chi connectivity index (χ2v) is 4.13. The molecule has 1 amide bonds. The number of hydrogen-bond acceptors (Lipinski definition) is 3. The molecule has 0 atom stereocenters. The van der Waals surface area contributed by atoms with Crippen LogP contribution >= 0.6 is 0 Å². The van der Waals surface area contributed by atoms with E-state index in [4.69, 9.17) is 5.11 Å². The molecule has 0 bridgehead atoms. The van der Waals surface area contributed by atoms with Crippen molar-refractivity contribution in [1.29, 1.82) is 0 Å². The summed E-state index contributed by atoms with van der Waals surface area (Å²) in [7, 11) is 0. The lowest BCUT2D eigenvalue weighted by Crippen LogP contribution is -2.49. The fourth-order valence-electron chi connectivity index (χ4n) is 1.98. The Morgan fingerprint density at radius 3 is 2.42 bits per heavy atom. The molecule has 0 radical (unpaired) electrons. The van der Waals surface area contributed by atoms with Gasteiger partial charge in [0.2, 0.25) is 0 Å². The lowest BCUT2D eigenvalue weighted by Gasteiger charge is -2.34. The van der Waals surface area contributed by atoms with E-state index >= 15 is 0 Å². The van der Waals surface area contributed by atoms with E-state index in [2.05, 4.69) is 4.98 Å². The molecular formula is C11H12F3N3O2. The van der Waals surface area contributed by atoms with Gasteiger partial charge in [0, 0.05) is 32.4 Å². The van der Waals surface area contributed by atoms with Crippen molar-refractivity contribution in [3.63, 3.8) is 0 Å². The third-order valence-corrected chi connectivity index (χ3v) is 2.94. The number of halogens is 3. The summed E-state index contributed by atoms with van der Waals surface area (Å²) in [5.41, 5.74) is -0.793. The molecule has 0 saturated carbocycles. The summed E-state index contributed by atoms with van der Waals surface area (Å²) in [6.07, 6.45) is -4.22. The first-order chi connectivity index (χ1) is 8.89. The van der Waals surface area contributed by atoms with E-state index in [0.717, 1.165) is 6.07 Å². The van der Waals surface area contributed by atoms with Crippen LogP contribution in [0.4, 0.5) is 23.8 Å². The number of piperazine rings is 1. The molecule has 0 aliphatic carbocycles. The Hall–Kier alpha value is -1.99. The molecule has 19 heavy (non-hydrogen) atoms. The van der Waals surface area contributed by atoms with Crippen LogP contribution in [0.3, 0.4) is 0 Å². The average Bonchev–Trinajstić information content (AvgIpc) is 2.38. The highest BCUT2D eigenvalue weighted by atomic mass is 19.4. The van der Waals surface area contributed by atoms with Gasteiger partial charge in [-0.05, 0) is 12.1 Å². The first-order valence-electron chi connectivity index (χ1n) is 5.64. The zero-order valence-electron chi connectivity index (χ0n) is 9.89. The summed E-state index contributed by atoms with van der Waals surface area (Å²) in [6, 6.07) is 2.21. The van der Waals surface area contributed by atoms with Gasteiger partial charge in [0.15, 0.2) is 0 Å². The molecule has 0 aromatic carbocycles. The third kappa shape index (κ3) is 2.88. The van der Waals surface area contributed by atoms with Crippen molar-refractivity contribution in [1.82, 2.24) is 9.88 Å². The molecule has 1 aromatic heterocycles. The van der Waals surface area contributed by atoms with Gasteiger partial charge in [-0.25, -0.2) is 9.78 Å². The summed E-state index contributed by atoms with van der Waals surface area (Å²) in [4.78, 5) is 17.1. The second-order valence-electron chi connectivity index (χ2n) is 4.13. The standard InChI is InChI=1S/C11H12F3N3O2/c12-11(13,14)8-2-1-3-15-9(8)16-4-6-17(7-5-16)10(18)19/h1-3H,4-7H2,(H,18,19). The fraction of sp³-hybridized carbons (Fsp3) is 0.455. The highest BCUT2D eigenvalue weighted by molar-refractivity contribution is 5.65. The Morgan fingerprint density at radius 2 is 1.89 bits per heavy atom. The summed E-state index contributed by atoms with van der Waals surface area (Å²) in [5, 5.41) is 8.79. The normalized spacial score (nSPS) is 16.6. The highest BCUT2D eigenvalue weighted by Gasteiger charge is 2.36. The van der Waals surface area contributed by atoms with Crippen LogP contribution in [-0.4, -0.2) is 47.3 Å². The smallest absolute Gasteiger partial charge is 0.419 e. The van der Waals surface area contributed by atoms with Gasteiger partial charge < -0.3 is 14.9 Å². The van der Waals surface area contributed by atoms with Crippen molar-refractivity contribution >= 4 is 11.9 Å². The Morgan fingerprint density at radius 1 is 1.26 bits per heavy atom. The van der Waals surface area contributed by atoms with E-state index < -0.39 is 17.8 Å². The molecule has 1 saturated heterocycles. The van der Waals surface area contributed by atoms with E-state index in [0.29, 0.717) is 0 Å². The van der Waals surface area contributed by atoms with Crippen LogP contribution < -0.4 is 4.90 Å². The summed E-state index contributed by atoms with van der Waals surface area (Å²) >= 11 is 0. The number of rotatable bonds is 1. The zero-order chi connectivity index (χ0) is 14.0. The maximum Gasteiger partial charge on any atom is 0.419 e. The van der Waals surface area contributed by atoms with Crippen molar-refractivity contribution in [2.45, 2.75) is 6.18 Å². The molecule has 0 spiro atoms.